The highest BCUT2D eigenvalue weighted by atomic mass is 16.5. The molecule has 5 nitrogen and oxygen atoms in total. The van der Waals surface area contributed by atoms with Crippen LogP contribution >= 0.6 is 0 Å². The zero-order chi connectivity index (χ0) is 14.2. The maximum atomic E-state index is 5.91. The van der Waals surface area contributed by atoms with E-state index in [0.717, 1.165) is 17.3 Å². The highest BCUT2D eigenvalue weighted by Crippen LogP contribution is 2.29. The highest BCUT2D eigenvalue weighted by Gasteiger charge is 2.25. The van der Waals surface area contributed by atoms with Crippen molar-refractivity contribution in [3.05, 3.63) is 42.1 Å². The zero-order valence-corrected chi connectivity index (χ0v) is 11.9. The van der Waals surface area contributed by atoms with Crippen molar-refractivity contribution < 1.29 is 4.74 Å². The molecule has 1 atom stereocenters. The fraction of sp³-hybridized carbons (Fsp3) is 0.333. The second-order valence-corrected chi connectivity index (χ2v) is 5.79. The largest absolute Gasteiger partial charge is 0.450 e. The number of hydrogen-bond acceptors (Lipinski definition) is 4. The average molecular weight is 270 g/mol. The number of rotatable bonds is 2. The minimum absolute atomic E-state index is 0.0167. The SMILES string of the molecule is CC(C)(C)c1cc2n(n1)C(Oc1ccccc1)NC=N2. The number of aromatic nitrogens is 2. The van der Waals surface area contributed by atoms with E-state index >= 15 is 0 Å². The van der Waals surface area contributed by atoms with Gasteiger partial charge in [-0.2, -0.15) is 9.78 Å². The molecule has 1 aromatic heterocycles. The number of ether oxygens (including phenoxy) is 1. The molecule has 5 heteroatoms. The van der Waals surface area contributed by atoms with Gasteiger partial charge < -0.3 is 10.1 Å². The van der Waals surface area contributed by atoms with Crippen LogP contribution in [-0.4, -0.2) is 16.1 Å². The number of aliphatic imine (C=N–C) groups is 1. The minimum atomic E-state index is -0.374. The predicted octanol–water partition coefficient (Wildman–Crippen LogP) is 2.98. The van der Waals surface area contributed by atoms with Crippen molar-refractivity contribution in [1.29, 1.82) is 0 Å². The minimum Gasteiger partial charge on any atom is -0.450 e. The van der Waals surface area contributed by atoms with Crippen molar-refractivity contribution in [2.24, 2.45) is 4.99 Å². The first-order chi connectivity index (χ1) is 9.54. The van der Waals surface area contributed by atoms with E-state index in [9.17, 15) is 0 Å². The first kappa shape index (κ1) is 12.7. The van der Waals surface area contributed by atoms with E-state index in [4.69, 9.17) is 4.74 Å². The molecule has 0 bridgehead atoms. The summed E-state index contributed by atoms with van der Waals surface area (Å²) in [5.74, 6) is 1.59. The van der Waals surface area contributed by atoms with Crippen LogP contribution in [0.3, 0.4) is 0 Å². The van der Waals surface area contributed by atoms with Crippen molar-refractivity contribution in [2.45, 2.75) is 32.5 Å². The Morgan fingerprint density at radius 1 is 1.20 bits per heavy atom. The smallest absolute Gasteiger partial charge is 0.272 e. The third-order valence-electron chi connectivity index (χ3n) is 3.11. The van der Waals surface area contributed by atoms with Crippen molar-refractivity contribution >= 4 is 12.2 Å². The average Bonchev–Trinajstić information content (AvgIpc) is 2.85. The third-order valence-corrected chi connectivity index (χ3v) is 3.11. The van der Waals surface area contributed by atoms with Crippen LogP contribution in [0.5, 0.6) is 5.75 Å². The van der Waals surface area contributed by atoms with Crippen LogP contribution in [0.15, 0.2) is 41.4 Å². The molecule has 2 heterocycles. The van der Waals surface area contributed by atoms with Gasteiger partial charge >= 0.3 is 0 Å². The molecule has 1 aliphatic rings. The lowest BCUT2D eigenvalue weighted by atomic mass is 9.92. The normalized spacial score (nSPS) is 17.4. The summed E-state index contributed by atoms with van der Waals surface area (Å²) in [6, 6.07) is 11.7. The van der Waals surface area contributed by atoms with Crippen LogP contribution in [0, 0.1) is 0 Å². The van der Waals surface area contributed by atoms with Gasteiger partial charge in [-0.15, -0.1) is 0 Å². The van der Waals surface area contributed by atoms with Crippen LogP contribution in [0.25, 0.3) is 0 Å². The Balaban J connectivity index is 1.90. The van der Waals surface area contributed by atoms with Gasteiger partial charge in [0.1, 0.15) is 5.75 Å². The fourth-order valence-electron chi connectivity index (χ4n) is 1.97. The lowest BCUT2D eigenvalue weighted by Gasteiger charge is -2.23. The van der Waals surface area contributed by atoms with E-state index in [1.807, 2.05) is 36.4 Å². The lowest BCUT2D eigenvalue weighted by molar-refractivity contribution is 0.103. The van der Waals surface area contributed by atoms with Crippen LogP contribution in [-0.2, 0) is 5.41 Å². The molecule has 104 valence electrons. The van der Waals surface area contributed by atoms with E-state index in [-0.39, 0.29) is 11.8 Å². The molecule has 0 saturated heterocycles. The number of fused-ring (bicyclic) bond motifs is 1. The van der Waals surface area contributed by atoms with Crippen LogP contribution < -0.4 is 10.1 Å². The van der Waals surface area contributed by atoms with Gasteiger partial charge in [0, 0.05) is 11.5 Å². The van der Waals surface area contributed by atoms with Gasteiger partial charge in [0.25, 0.3) is 6.35 Å². The van der Waals surface area contributed by atoms with Crippen molar-refractivity contribution in [1.82, 2.24) is 15.1 Å². The summed E-state index contributed by atoms with van der Waals surface area (Å²) in [4.78, 5) is 4.30. The second-order valence-electron chi connectivity index (χ2n) is 5.79. The molecular weight excluding hydrogens is 252 g/mol. The third kappa shape index (κ3) is 2.39. The fourth-order valence-corrected chi connectivity index (χ4v) is 1.97. The molecule has 0 fully saturated rings. The maximum Gasteiger partial charge on any atom is 0.272 e. The Bertz CT molecular complexity index is 625. The predicted molar refractivity (Wildman–Crippen MR) is 78.3 cm³/mol. The number of benzene rings is 1. The maximum absolute atomic E-state index is 5.91. The summed E-state index contributed by atoms with van der Waals surface area (Å²) < 4.78 is 7.68. The van der Waals surface area contributed by atoms with Crippen LogP contribution in [0.1, 0.15) is 32.8 Å². The topological polar surface area (TPSA) is 51.4 Å². The molecular formula is C15H18N4O. The number of nitrogens with zero attached hydrogens (tertiary/aromatic N) is 3. The highest BCUT2D eigenvalue weighted by molar-refractivity contribution is 5.61. The number of para-hydroxylation sites is 1. The molecule has 0 spiro atoms. The van der Waals surface area contributed by atoms with Gasteiger partial charge in [-0.25, -0.2) is 4.99 Å². The quantitative estimate of drug-likeness (QED) is 0.912. The van der Waals surface area contributed by atoms with E-state index < -0.39 is 0 Å². The molecule has 20 heavy (non-hydrogen) atoms. The summed E-state index contributed by atoms with van der Waals surface area (Å²) in [6.45, 7) is 6.39. The van der Waals surface area contributed by atoms with Crippen molar-refractivity contribution in [3.63, 3.8) is 0 Å². The summed E-state index contributed by atoms with van der Waals surface area (Å²) in [6.07, 6.45) is 1.28. The van der Waals surface area contributed by atoms with Crippen molar-refractivity contribution in [2.75, 3.05) is 0 Å². The van der Waals surface area contributed by atoms with Gasteiger partial charge in [0.15, 0.2) is 5.82 Å². The molecule has 1 N–H and O–H groups in total. The molecule has 1 aromatic carbocycles. The number of nitrogens with one attached hydrogen (secondary N) is 1. The van der Waals surface area contributed by atoms with Gasteiger partial charge in [-0.3, -0.25) is 0 Å². The molecule has 0 saturated carbocycles. The Labute approximate surface area is 118 Å². The summed E-state index contributed by atoms with van der Waals surface area (Å²) in [7, 11) is 0. The Hall–Kier alpha value is -2.30. The first-order valence-electron chi connectivity index (χ1n) is 6.64. The van der Waals surface area contributed by atoms with Gasteiger partial charge in [-0.05, 0) is 12.1 Å². The molecule has 0 radical (unpaired) electrons. The van der Waals surface area contributed by atoms with E-state index in [1.165, 1.54) is 0 Å². The Morgan fingerprint density at radius 3 is 2.65 bits per heavy atom. The lowest BCUT2D eigenvalue weighted by Crippen LogP contribution is -2.33. The molecule has 1 aliphatic heterocycles. The molecule has 0 aliphatic carbocycles. The summed E-state index contributed by atoms with van der Waals surface area (Å²) in [5, 5.41) is 7.69. The second kappa shape index (κ2) is 4.67. The van der Waals surface area contributed by atoms with Crippen LogP contribution in [0.4, 0.5) is 5.82 Å². The standard InChI is InChI=1S/C15H18N4O/c1-15(2,3)12-9-13-16-10-17-14(19(13)18-12)20-11-7-5-4-6-8-11/h4-10,14H,1-3H3,(H,16,17). The monoisotopic (exact) mass is 270 g/mol. The van der Waals surface area contributed by atoms with E-state index in [0.29, 0.717) is 0 Å². The number of hydrogen-bond donors (Lipinski definition) is 1. The Kier molecular flexibility index (Phi) is 2.97. The Morgan fingerprint density at radius 2 is 1.95 bits per heavy atom. The molecule has 1 unspecified atom stereocenters. The molecule has 0 amide bonds. The van der Waals surface area contributed by atoms with Crippen molar-refractivity contribution in [3.8, 4) is 5.75 Å². The molecule has 2 aromatic rings. The van der Waals surface area contributed by atoms with E-state index in [2.05, 4.69) is 36.2 Å². The van der Waals surface area contributed by atoms with Gasteiger partial charge in [0.2, 0.25) is 0 Å². The molecule has 3 rings (SSSR count). The summed E-state index contributed by atoms with van der Waals surface area (Å²) in [5.41, 5.74) is 0.979. The van der Waals surface area contributed by atoms with Gasteiger partial charge in [-0.1, -0.05) is 39.0 Å². The first-order valence-corrected chi connectivity index (χ1v) is 6.64. The van der Waals surface area contributed by atoms with Gasteiger partial charge in [0.05, 0.1) is 12.0 Å². The zero-order valence-electron chi connectivity index (χ0n) is 11.9. The summed E-state index contributed by atoms with van der Waals surface area (Å²) >= 11 is 0. The van der Waals surface area contributed by atoms with E-state index in [1.54, 1.807) is 11.0 Å². The van der Waals surface area contributed by atoms with Crippen LogP contribution in [0.2, 0.25) is 0 Å².